The van der Waals surface area contributed by atoms with Crippen LogP contribution >= 0.6 is 23.1 Å². The number of carbonyl (C=O) groups is 1. The van der Waals surface area contributed by atoms with E-state index in [4.69, 9.17) is 4.74 Å². The fourth-order valence-electron chi connectivity index (χ4n) is 1.88. The van der Waals surface area contributed by atoms with Gasteiger partial charge in [0.05, 0.1) is 5.75 Å². The summed E-state index contributed by atoms with van der Waals surface area (Å²) < 4.78 is 5.71. The van der Waals surface area contributed by atoms with E-state index in [2.05, 4.69) is 46.8 Å². The Morgan fingerprint density at radius 3 is 2.88 bits per heavy atom. The Labute approximate surface area is 150 Å². The summed E-state index contributed by atoms with van der Waals surface area (Å²) in [6.45, 7) is 5.44. The van der Waals surface area contributed by atoms with E-state index in [1.54, 1.807) is 7.11 Å². The predicted octanol–water partition coefficient (Wildman–Crippen LogP) is 3.14. The molecule has 0 unspecified atom stereocenters. The molecule has 2 aromatic rings. The maximum absolute atomic E-state index is 11.7. The van der Waals surface area contributed by atoms with Crippen molar-refractivity contribution < 1.29 is 9.53 Å². The van der Waals surface area contributed by atoms with Crippen molar-refractivity contribution in [2.24, 2.45) is 0 Å². The molecule has 0 radical (unpaired) electrons. The molecule has 2 N–H and O–H groups in total. The second-order valence-corrected chi connectivity index (χ2v) is 7.48. The molecule has 8 heteroatoms. The molecule has 24 heavy (non-hydrogen) atoms. The third kappa shape index (κ3) is 6.10. The van der Waals surface area contributed by atoms with Crippen LogP contribution in [0.3, 0.4) is 0 Å². The van der Waals surface area contributed by atoms with Crippen molar-refractivity contribution in [3.63, 3.8) is 0 Å². The van der Waals surface area contributed by atoms with E-state index in [1.165, 1.54) is 34.2 Å². The molecule has 0 fully saturated rings. The zero-order chi connectivity index (χ0) is 17.4. The van der Waals surface area contributed by atoms with Gasteiger partial charge >= 0.3 is 0 Å². The van der Waals surface area contributed by atoms with Gasteiger partial charge in [-0.05, 0) is 43.5 Å². The number of carbonyl (C=O) groups excluding carboxylic acids is 1. The molecule has 1 amide bonds. The number of aryl methyl sites for hydroxylation is 2. The first-order valence-corrected chi connectivity index (χ1v) is 9.45. The monoisotopic (exact) mass is 366 g/mol. The highest BCUT2D eigenvalue weighted by atomic mass is 32.2. The first kappa shape index (κ1) is 18.7. The summed E-state index contributed by atoms with van der Waals surface area (Å²) in [6, 6.07) is 6.17. The number of amides is 1. The van der Waals surface area contributed by atoms with Gasteiger partial charge in [0.2, 0.25) is 11.0 Å². The number of hydrogen-bond donors (Lipinski definition) is 2. The van der Waals surface area contributed by atoms with Crippen LogP contribution in [0.5, 0.6) is 0 Å². The van der Waals surface area contributed by atoms with Gasteiger partial charge in [0, 0.05) is 25.9 Å². The molecule has 0 spiro atoms. The number of benzene rings is 1. The van der Waals surface area contributed by atoms with Gasteiger partial charge < -0.3 is 15.4 Å². The van der Waals surface area contributed by atoms with Crippen LogP contribution in [0.2, 0.25) is 0 Å². The first-order valence-electron chi connectivity index (χ1n) is 7.64. The number of rotatable bonds is 9. The van der Waals surface area contributed by atoms with E-state index in [0.717, 1.165) is 21.6 Å². The van der Waals surface area contributed by atoms with Gasteiger partial charge in [0.15, 0.2) is 4.34 Å². The zero-order valence-electron chi connectivity index (χ0n) is 14.1. The van der Waals surface area contributed by atoms with Crippen LogP contribution in [0.4, 0.5) is 10.8 Å². The Hall–Kier alpha value is -1.64. The Bertz CT molecular complexity index is 676. The normalized spacial score (nSPS) is 10.6. The smallest absolute Gasteiger partial charge is 0.230 e. The van der Waals surface area contributed by atoms with E-state index in [0.29, 0.717) is 18.9 Å². The molecular weight excluding hydrogens is 344 g/mol. The molecule has 0 aliphatic heterocycles. The summed E-state index contributed by atoms with van der Waals surface area (Å²) in [4.78, 5) is 11.7. The van der Waals surface area contributed by atoms with Crippen molar-refractivity contribution in [3.05, 3.63) is 29.3 Å². The quantitative estimate of drug-likeness (QED) is 0.524. The van der Waals surface area contributed by atoms with Crippen LogP contribution in [-0.2, 0) is 9.53 Å². The van der Waals surface area contributed by atoms with Crippen LogP contribution in [0.25, 0.3) is 0 Å². The number of anilines is 2. The Balaban J connectivity index is 1.78. The summed E-state index contributed by atoms with van der Waals surface area (Å²) >= 11 is 2.83. The average Bonchev–Trinajstić information content (AvgIpc) is 3.01. The minimum Gasteiger partial charge on any atom is -0.385 e. The van der Waals surface area contributed by atoms with Gasteiger partial charge in [-0.3, -0.25) is 4.79 Å². The second kappa shape index (κ2) is 9.61. The van der Waals surface area contributed by atoms with E-state index in [1.807, 2.05) is 6.07 Å². The lowest BCUT2D eigenvalue weighted by molar-refractivity contribution is -0.118. The molecule has 6 nitrogen and oxygen atoms in total. The van der Waals surface area contributed by atoms with E-state index in [-0.39, 0.29) is 5.91 Å². The van der Waals surface area contributed by atoms with Gasteiger partial charge in [0.1, 0.15) is 0 Å². The van der Waals surface area contributed by atoms with Crippen molar-refractivity contribution >= 4 is 39.8 Å². The number of nitrogens with zero attached hydrogens (tertiary/aromatic N) is 2. The standard InChI is InChI=1S/C16H22N4O2S2/c1-11-5-6-13(9-12(11)2)18-15-19-20-16(24-15)23-10-14(21)17-7-4-8-22-3/h5-6,9H,4,7-8,10H2,1-3H3,(H,17,21)(H,18,19). The summed E-state index contributed by atoms with van der Waals surface area (Å²) in [5.74, 6) is 0.334. The second-order valence-electron chi connectivity index (χ2n) is 5.28. The van der Waals surface area contributed by atoms with Crippen molar-refractivity contribution in [1.82, 2.24) is 15.5 Å². The minimum atomic E-state index is -0.00466. The van der Waals surface area contributed by atoms with Gasteiger partial charge in [-0.15, -0.1) is 10.2 Å². The molecule has 0 aliphatic rings. The lowest BCUT2D eigenvalue weighted by Crippen LogP contribution is -2.26. The third-order valence-corrected chi connectivity index (χ3v) is 5.31. The van der Waals surface area contributed by atoms with Crippen molar-refractivity contribution in [2.75, 3.05) is 31.3 Å². The molecule has 2 rings (SSSR count). The molecular formula is C16H22N4O2S2. The highest BCUT2D eigenvalue weighted by molar-refractivity contribution is 8.01. The maximum Gasteiger partial charge on any atom is 0.230 e. The lowest BCUT2D eigenvalue weighted by atomic mass is 10.1. The largest absolute Gasteiger partial charge is 0.385 e. The number of aromatic nitrogens is 2. The third-order valence-electron chi connectivity index (χ3n) is 3.34. The van der Waals surface area contributed by atoms with Gasteiger partial charge in [-0.1, -0.05) is 29.2 Å². The maximum atomic E-state index is 11.7. The number of ether oxygens (including phenoxy) is 1. The molecule has 1 aromatic carbocycles. The SMILES string of the molecule is COCCCNC(=O)CSc1nnc(Nc2ccc(C)c(C)c2)s1. The number of thioether (sulfide) groups is 1. The molecule has 0 atom stereocenters. The first-order chi connectivity index (χ1) is 11.6. The van der Waals surface area contributed by atoms with Crippen LogP contribution in [0.15, 0.2) is 22.5 Å². The summed E-state index contributed by atoms with van der Waals surface area (Å²) in [5, 5.41) is 15.0. The number of hydrogen-bond acceptors (Lipinski definition) is 7. The van der Waals surface area contributed by atoms with Gasteiger partial charge in [0.25, 0.3) is 0 Å². The molecule has 0 saturated heterocycles. The van der Waals surface area contributed by atoms with Crippen molar-refractivity contribution in [1.29, 1.82) is 0 Å². The molecule has 0 saturated carbocycles. The topological polar surface area (TPSA) is 76.1 Å². The lowest BCUT2D eigenvalue weighted by Gasteiger charge is -2.05. The molecule has 1 aromatic heterocycles. The van der Waals surface area contributed by atoms with Crippen LogP contribution in [-0.4, -0.2) is 42.1 Å². The van der Waals surface area contributed by atoms with Crippen molar-refractivity contribution in [3.8, 4) is 0 Å². The van der Waals surface area contributed by atoms with Crippen molar-refractivity contribution in [2.45, 2.75) is 24.6 Å². The highest BCUT2D eigenvalue weighted by Crippen LogP contribution is 2.28. The van der Waals surface area contributed by atoms with Crippen LogP contribution in [0.1, 0.15) is 17.5 Å². The van der Waals surface area contributed by atoms with Crippen LogP contribution < -0.4 is 10.6 Å². The van der Waals surface area contributed by atoms with Gasteiger partial charge in [-0.2, -0.15) is 0 Å². The van der Waals surface area contributed by atoms with Gasteiger partial charge in [-0.25, -0.2) is 0 Å². The number of nitrogens with one attached hydrogen (secondary N) is 2. The predicted molar refractivity (Wildman–Crippen MR) is 99.3 cm³/mol. The van der Waals surface area contributed by atoms with E-state index < -0.39 is 0 Å². The molecule has 130 valence electrons. The molecule has 0 bridgehead atoms. The summed E-state index contributed by atoms with van der Waals surface area (Å²) in [5.41, 5.74) is 3.47. The molecule has 1 heterocycles. The zero-order valence-corrected chi connectivity index (χ0v) is 15.7. The summed E-state index contributed by atoms with van der Waals surface area (Å²) in [7, 11) is 1.65. The molecule has 0 aliphatic carbocycles. The average molecular weight is 367 g/mol. The Morgan fingerprint density at radius 1 is 1.29 bits per heavy atom. The fourth-order valence-corrected chi connectivity index (χ4v) is 3.49. The Kier molecular flexibility index (Phi) is 7.48. The fraction of sp³-hybridized carbons (Fsp3) is 0.438. The van der Waals surface area contributed by atoms with E-state index in [9.17, 15) is 4.79 Å². The Morgan fingerprint density at radius 2 is 2.12 bits per heavy atom. The van der Waals surface area contributed by atoms with E-state index >= 15 is 0 Å². The van der Waals surface area contributed by atoms with Crippen LogP contribution in [0, 0.1) is 13.8 Å². The number of methoxy groups -OCH3 is 1. The summed E-state index contributed by atoms with van der Waals surface area (Å²) in [6.07, 6.45) is 0.815. The minimum absolute atomic E-state index is 0.00466. The highest BCUT2D eigenvalue weighted by Gasteiger charge is 2.08.